The molecule has 6 heteroatoms. The first-order valence-electron chi connectivity index (χ1n) is 10.1. The molecule has 0 amide bonds. The van der Waals surface area contributed by atoms with E-state index in [1.54, 1.807) is 13.1 Å². The molecule has 2 aliphatic rings. The van der Waals surface area contributed by atoms with E-state index >= 15 is 0 Å². The van der Waals surface area contributed by atoms with Crippen LogP contribution in [0.25, 0.3) is 0 Å². The van der Waals surface area contributed by atoms with Gasteiger partial charge in [0.25, 0.3) is 0 Å². The monoisotopic (exact) mass is 381 g/mol. The molecule has 1 saturated heterocycles. The first kappa shape index (κ1) is 18.7. The minimum absolute atomic E-state index is 0.114. The molecule has 148 valence electrons. The molecule has 2 aromatic rings. The average Bonchev–Trinajstić information content (AvgIpc) is 3.48. The maximum Gasteiger partial charge on any atom is 0.191 e. The number of pyridine rings is 1. The summed E-state index contributed by atoms with van der Waals surface area (Å²) in [6.07, 6.45) is 4.95. The molecule has 1 saturated carbocycles. The summed E-state index contributed by atoms with van der Waals surface area (Å²) in [4.78, 5) is 11.2. The van der Waals surface area contributed by atoms with Crippen molar-refractivity contribution in [2.24, 2.45) is 4.99 Å². The van der Waals surface area contributed by atoms with Crippen LogP contribution >= 0.6 is 0 Å². The number of hydrogen-bond acceptors (Lipinski definition) is 3. The van der Waals surface area contributed by atoms with Gasteiger partial charge in [-0.2, -0.15) is 0 Å². The quantitative estimate of drug-likeness (QED) is 0.631. The van der Waals surface area contributed by atoms with Crippen molar-refractivity contribution < 1.29 is 4.39 Å². The van der Waals surface area contributed by atoms with Crippen molar-refractivity contribution in [3.05, 3.63) is 59.5 Å². The average molecular weight is 381 g/mol. The fourth-order valence-electron chi connectivity index (χ4n) is 3.91. The zero-order valence-corrected chi connectivity index (χ0v) is 16.5. The lowest BCUT2D eigenvalue weighted by Crippen LogP contribution is -2.49. The number of aromatic nitrogens is 1. The Hall–Kier alpha value is -2.63. The maximum absolute atomic E-state index is 14.0. The van der Waals surface area contributed by atoms with Crippen LogP contribution in [0.3, 0.4) is 0 Å². The molecule has 0 radical (unpaired) electrons. The van der Waals surface area contributed by atoms with Crippen LogP contribution in [0.5, 0.6) is 0 Å². The summed E-state index contributed by atoms with van der Waals surface area (Å²) in [6, 6.07) is 11.9. The van der Waals surface area contributed by atoms with Crippen molar-refractivity contribution in [2.45, 2.75) is 44.2 Å². The number of benzene rings is 1. The molecule has 1 aromatic heterocycles. The topological polar surface area (TPSA) is 52.6 Å². The highest BCUT2D eigenvalue weighted by Gasteiger charge is 2.40. The molecule has 4 rings (SSSR count). The van der Waals surface area contributed by atoms with Crippen LogP contribution < -0.4 is 15.5 Å². The van der Waals surface area contributed by atoms with E-state index in [4.69, 9.17) is 0 Å². The third kappa shape index (κ3) is 4.26. The van der Waals surface area contributed by atoms with Crippen LogP contribution in [0.1, 0.15) is 36.3 Å². The van der Waals surface area contributed by atoms with Crippen molar-refractivity contribution in [2.75, 3.05) is 25.0 Å². The number of aryl methyl sites for hydroxylation is 1. The summed E-state index contributed by atoms with van der Waals surface area (Å²) >= 11 is 0. The van der Waals surface area contributed by atoms with E-state index in [0.29, 0.717) is 6.04 Å². The minimum Gasteiger partial charge on any atom is -0.356 e. The van der Waals surface area contributed by atoms with Gasteiger partial charge in [0.1, 0.15) is 11.6 Å². The molecule has 2 heterocycles. The summed E-state index contributed by atoms with van der Waals surface area (Å²) in [6.45, 7) is 4.01. The molecule has 1 aliphatic carbocycles. The minimum atomic E-state index is -0.114. The molecule has 5 nitrogen and oxygen atoms in total. The number of piperidine rings is 1. The second-order valence-corrected chi connectivity index (χ2v) is 7.79. The molecule has 2 unspecified atom stereocenters. The Balaban J connectivity index is 1.26. The van der Waals surface area contributed by atoms with E-state index in [2.05, 4.69) is 44.6 Å². The Labute approximate surface area is 166 Å². The van der Waals surface area contributed by atoms with Crippen LogP contribution in [-0.4, -0.2) is 43.2 Å². The van der Waals surface area contributed by atoms with E-state index in [1.807, 2.05) is 18.3 Å². The zero-order valence-electron chi connectivity index (χ0n) is 16.5. The van der Waals surface area contributed by atoms with Crippen molar-refractivity contribution in [1.29, 1.82) is 0 Å². The zero-order chi connectivity index (χ0) is 19.5. The number of aliphatic imine (C=N–C) groups is 1. The number of nitrogens with one attached hydrogen (secondary N) is 2. The standard InChI is InChI=1S/C22H28FN5/c1-15-7-8-21(25-14-15)28-11-9-16(10-12-28)26-22(24-2)27-20-13-18(20)17-5-3-4-6-19(17)23/h3-8,14,16,18,20H,9-13H2,1-2H3,(H2,24,26,27). The van der Waals surface area contributed by atoms with E-state index in [-0.39, 0.29) is 17.8 Å². The maximum atomic E-state index is 14.0. The van der Waals surface area contributed by atoms with Gasteiger partial charge < -0.3 is 15.5 Å². The Morgan fingerprint density at radius 2 is 1.93 bits per heavy atom. The molecule has 0 spiro atoms. The highest BCUT2D eigenvalue weighted by atomic mass is 19.1. The number of anilines is 1. The summed E-state index contributed by atoms with van der Waals surface area (Å²) in [5, 5.41) is 7.00. The van der Waals surface area contributed by atoms with Gasteiger partial charge in [-0.25, -0.2) is 9.37 Å². The molecule has 0 bridgehead atoms. The third-order valence-corrected chi connectivity index (χ3v) is 5.70. The normalized spacial score (nSPS) is 22.8. The number of guanidine groups is 1. The predicted octanol–water partition coefficient (Wildman–Crippen LogP) is 3.22. The van der Waals surface area contributed by atoms with Crippen LogP contribution in [0.15, 0.2) is 47.6 Å². The molecule has 2 atom stereocenters. The van der Waals surface area contributed by atoms with Gasteiger partial charge in [-0.3, -0.25) is 4.99 Å². The van der Waals surface area contributed by atoms with Gasteiger partial charge in [0.2, 0.25) is 0 Å². The summed E-state index contributed by atoms with van der Waals surface area (Å²) in [5.74, 6) is 1.99. The first-order chi connectivity index (χ1) is 13.6. The second kappa shape index (κ2) is 8.17. The van der Waals surface area contributed by atoms with Gasteiger partial charge >= 0.3 is 0 Å². The molecule has 1 aromatic carbocycles. The summed E-state index contributed by atoms with van der Waals surface area (Å²) < 4.78 is 14.0. The van der Waals surface area contributed by atoms with E-state index in [0.717, 1.165) is 49.7 Å². The van der Waals surface area contributed by atoms with Gasteiger partial charge in [-0.1, -0.05) is 24.3 Å². The van der Waals surface area contributed by atoms with Crippen LogP contribution in [0.4, 0.5) is 10.2 Å². The lowest BCUT2D eigenvalue weighted by molar-refractivity contribution is 0.459. The predicted molar refractivity (Wildman–Crippen MR) is 111 cm³/mol. The van der Waals surface area contributed by atoms with Gasteiger partial charge in [0, 0.05) is 44.3 Å². The number of rotatable bonds is 4. The highest BCUT2D eigenvalue weighted by Crippen LogP contribution is 2.41. The second-order valence-electron chi connectivity index (χ2n) is 7.79. The smallest absolute Gasteiger partial charge is 0.191 e. The van der Waals surface area contributed by atoms with Crippen LogP contribution in [-0.2, 0) is 0 Å². The van der Waals surface area contributed by atoms with Gasteiger partial charge in [-0.05, 0) is 49.4 Å². The lowest BCUT2D eigenvalue weighted by atomic mass is 10.1. The summed E-state index contributed by atoms with van der Waals surface area (Å²) in [5.41, 5.74) is 1.98. The Morgan fingerprint density at radius 1 is 1.14 bits per heavy atom. The molecular weight excluding hydrogens is 353 g/mol. The molecule has 1 aliphatic heterocycles. The molecule has 2 N–H and O–H groups in total. The van der Waals surface area contributed by atoms with Gasteiger partial charge in [-0.15, -0.1) is 0 Å². The molecule has 2 fully saturated rings. The molecule has 28 heavy (non-hydrogen) atoms. The number of halogens is 1. The van der Waals surface area contributed by atoms with Crippen molar-refractivity contribution in [1.82, 2.24) is 15.6 Å². The Kier molecular flexibility index (Phi) is 5.46. The van der Waals surface area contributed by atoms with E-state index in [1.165, 1.54) is 11.6 Å². The summed E-state index contributed by atoms with van der Waals surface area (Å²) in [7, 11) is 1.79. The number of nitrogens with zero attached hydrogens (tertiary/aromatic N) is 3. The van der Waals surface area contributed by atoms with E-state index in [9.17, 15) is 4.39 Å². The first-order valence-corrected chi connectivity index (χ1v) is 10.1. The van der Waals surface area contributed by atoms with Crippen LogP contribution in [0, 0.1) is 12.7 Å². The van der Waals surface area contributed by atoms with Crippen LogP contribution in [0.2, 0.25) is 0 Å². The van der Waals surface area contributed by atoms with Gasteiger partial charge in [0.15, 0.2) is 5.96 Å². The lowest BCUT2D eigenvalue weighted by Gasteiger charge is -2.33. The molecular formula is C22H28FN5. The van der Waals surface area contributed by atoms with Gasteiger partial charge in [0.05, 0.1) is 0 Å². The van der Waals surface area contributed by atoms with Crippen molar-refractivity contribution >= 4 is 11.8 Å². The Bertz CT molecular complexity index is 827. The highest BCUT2D eigenvalue weighted by molar-refractivity contribution is 5.81. The number of hydrogen-bond donors (Lipinski definition) is 2. The van der Waals surface area contributed by atoms with Crippen molar-refractivity contribution in [3.63, 3.8) is 0 Å². The van der Waals surface area contributed by atoms with E-state index < -0.39 is 0 Å². The fraction of sp³-hybridized carbons (Fsp3) is 0.455. The fourth-order valence-corrected chi connectivity index (χ4v) is 3.91. The SMILES string of the molecule is CN=C(NC1CCN(c2ccc(C)cn2)CC1)NC1CC1c1ccccc1F. The van der Waals surface area contributed by atoms with Crippen molar-refractivity contribution in [3.8, 4) is 0 Å². The largest absolute Gasteiger partial charge is 0.356 e. The third-order valence-electron chi connectivity index (χ3n) is 5.70. The Morgan fingerprint density at radius 3 is 2.61 bits per heavy atom.